The minimum absolute atomic E-state index is 0.0333. The van der Waals surface area contributed by atoms with E-state index in [2.05, 4.69) is 16.0 Å². The van der Waals surface area contributed by atoms with Crippen LogP contribution in [0.2, 0.25) is 0 Å². The van der Waals surface area contributed by atoms with Crippen LogP contribution in [0.15, 0.2) is 54.6 Å². The van der Waals surface area contributed by atoms with Crippen LogP contribution in [-0.4, -0.2) is 70.1 Å². The van der Waals surface area contributed by atoms with Gasteiger partial charge >= 0.3 is 5.97 Å². The number of rotatable bonds is 16. The van der Waals surface area contributed by atoms with Crippen molar-refractivity contribution in [3.8, 4) is 5.75 Å². The van der Waals surface area contributed by atoms with Crippen LogP contribution in [0, 0.1) is 5.92 Å². The summed E-state index contributed by atoms with van der Waals surface area (Å²) in [6, 6.07) is 11.1. The molecule has 3 amide bonds. The van der Waals surface area contributed by atoms with Gasteiger partial charge in [-0.1, -0.05) is 56.3 Å². The molecule has 11 heteroatoms. The Balaban J connectivity index is 2.31. The Labute approximate surface area is 239 Å². The van der Waals surface area contributed by atoms with Gasteiger partial charge in [-0.05, 0) is 54.0 Å². The second-order valence-corrected chi connectivity index (χ2v) is 11.1. The highest BCUT2D eigenvalue weighted by molar-refractivity contribution is 7.98. The number of benzene rings is 2. The number of aromatic hydroxyl groups is 1. The van der Waals surface area contributed by atoms with Crippen molar-refractivity contribution in [3.63, 3.8) is 0 Å². The number of nitrogens with two attached hydrogens (primary N) is 1. The highest BCUT2D eigenvalue weighted by atomic mass is 32.2. The lowest BCUT2D eigenvalue weighted by Gasteiger charge is -2.26. The first-order valence-corrected chi connectivity index (χ1v) is 14.6. The van der Waals surface area contributed by atoms with Crippen LogP contribution >= 0.6 is 11.8 Å². The third-order valence-electron chi connectivity index (χ3n) is 6.21. The summed E-state index contributed by atoms with van der Waals surface area (Å²) in [6.45, 7) is 3.88. The van der Waals surface area contributed by atoms with Crippen molar-refractivity contribution in [1.29, 1.82) is 0 Å². The van der Waals surface area contributed by atoms with Crippen molar-refractivity contribution >= 4 is 35.5 Å². The fourth-order valence-corrected chi connectivity index (χ4v) is 4.54. The lowest BCUT2D eigenvalue weighted by atomic mass is 10.0. The van der Waals surface area contributed by atoms with E-state index in [0.29, 0.717) is 17.7 Å². The third-order valence-corrected chi connectivity index (χ3v) is 6.86. The summed E-state index contributed by atoms with van der Waals surface area (Å²) in [6.07, 6.45) is 2.67. The molecule has 4 atom stereocenters. The molecule has 0 aromatic heterocycles. The lowest BCUT2D eigenvalue weighted by Crippen LogP contribution is -2.58. The normalized spacial score (nSPS) is 14.0. The van der Waals surface area contributed by atoms with Crippen LogP contribution in [0.5, 0.6) is 5.75 Å². The predicted molar refractivity (Wildman–Crippen MR) is 156 cm³/mol. The number of thioether (sulfide) groups is 1. The van der Waals surface area contributed by atoms with Gasteiger partial charge in [0.2, 0.25) is 17.7 Å². The van der Waals surface area contributed by atoms with Crippen LogP contribution in [0.1, 0.15) is 37.8 Å². The Kier molecular flexibility index (Phi) is 13.5. The Morgan fingerprint density at radius 1 is 0.800 bits per heavy atom. The molecule has 0 aliphatic rings. The van der Waals surface area contributed by atoms with Gasteiger partial charge in [0.15, 0.2) is 0 Å². The molecule has 0 fully saturated rings. The molecule has 2 aromatic carbocycles. The van der Waals surface area contributed by atoms with Crippen LogP contribution in [-0.2, 0) is 32.0 Å². The molecule has 0 heterocycles. The molecule has 2 aromatic rings. The first-order chi connectivity index (χ1) is 19.0. The molecule has 4 unspecified atom stereocenters. The number of nitrogens with one attached hydrogen (secondary N) is 3. The zero-order chi connectivity index (χ0) is 29.7. The van der Waals surface area contributed by atoms with Crippen molar-refractivity contribution in [2.24, 2.45) is 11.7 Å². The third kappa shape index (κ3) is 11.3. The van der Waals surface area contributed by atoms with E-state index in [1.165, 1.54) is 23.9 Å². The van der Waals surface area contributed by atoms with Crippen LogP contribution < -0.4 is 21.7 Å². The largest absolute Gasteiger partial charge is 0.508 e. The van der Waals surface area contributed by atoms with E-state index in [1.807, 2.05) is 50.4 Å². The number of carbonyl (C=O) groups excluding carboxylic acids is 3. The van der Waals surface area contributed by atoms with E-state index in [-0.39, 0.29) is 30.9 Å². The molecular formula is C29H40N4O6S. The van der Waals surface area contributed by atoms with E-state index in [1.54, 1.807) is 12.1 Å². The van der Waals surface area contributed by atoms with Crippen molar-refractivity contribution in [2.75, 3.05) is 12.0 Å². The summed E-state index contributed by atoms with van der Waals surface area (Å²) in [5.41, 5.74) is 7.49. The minimum Gasteiger partial charge on any atom is -0.508 e. The number of aliphatic carboxylic acids is 1. The first kappa shape index (κ1) is 32.6. The van der Waals surface area contributed by atoms with Gasteiger partial charge in [0.05, 0.1) is 6.04 Å². The van der Waals surface area contributed by atoms with Gasteiger partial charge in [0.1, 0.15) is 23.9 Å². The number of carboxylic acid groups (broad SMARTS) is 1. The molecule has 0 saturated carbocycles. The molecule has 0 aliphatic heterocycles. The Morgan fingerprint density at radius 2 is 1.30 bits per heavy atom. The van der Waals surface area contributed by atoms with Gasteiger partial charge in [-0.3, -0.25) is 14.4 Å². The maximum atomic E-state index is 13.6. The van der Waals surface area contributed by atoms with Gasteiger partial charge in [-0.2, -0.15) is 11.8 Å². The predicted octanol–water partition coefficient (Wildman–Crippen LogP) is 1.84. The van der Waals surface area contributed by atoms with Crippen molar-refractivity contribution in [1.82, 2.24) is 16.0 Å². The van der Waals surface area contributed by atoms with Gasteiger partial charge in [-0.25, -0.2) is 4.79 Å². The fraction of sp³-hybridized carbons (Fsp3) is 0.448. The van der Waals surface area contributed by atoms with Crippen LogP contribution in [0.3, 0.4) is 0 Å². The minimum atomic E-state index is -1.18. The Hall–Kier alpha value is -3.57. The van der Waals surface area contributed by atoms with Gasteiger partial charge in [0, 0.05) is 12.8 Å². The number of hydrogen-bond donors (Lipinski definition) is 6. The van der Waals surface area contributed by atoms with Gasteiger partial charge in [-0.15, -0.1) is 0 Å². The molecule has 10 nitrogen and oxygen atoms in total. The van der Waals surface area contributed by atoms with Gasteiger partial charge in [0.25, 0.3) is 0 Å². The van der Waals surface area contributed by atoms with E-state index >= 15 is 0 Å². The van der Waals surface area contributed by atoms with Crippen LogP contribution in [0.4, 0.5) is 0 Å². The summed E-state index contributed by atoms with van der Waals surface area (Å²) in [5.74, 6) is -2.19. The van der Waals surface area contributed by atoms with Crippen LogP contribution in [0.25, 0.3) is 0 Å². The molecule has 0 bridgehead atoms. The molecule has 0 saturated heterocycles. The number of carbonyl (C=O) groups is 4. The highest BCUT2D eigenvalue weighted by Gasteiger charge is 2.30. The molecule has 0 aliphatic carbocycles. The summed E-state index contributed by atoms with van der Waals surface area (Å²) >= 11 is 1.46. The summed E-state index contributed by atoms with van der Waals surface area (Å²) in [4.78, 5) is 51.5. The topological polar surface area (TPSA) is 171 Å². The van der Waals surface area contributed by atoms with Crippen molar-refractivity contribution in [3.05, 3.63) is 65.7 Å². The average Bonchev–Trinajstić information content (AvgIpc) is 2.91. The molecule has 218 valence electrons. The molecule has 7 N–H and O–H groups in total. The van der Waals surface area contributed by atoms with E-state index < -0.39 is 47.9 Å². The van der Waals surface area contributed by atoms with E-state index in [4.69, 9.17) is 5.73 Å². The van der Waals surface area contributed by atoms with Crippen molar-refractivity contribution in [2.45, 2.75) is 63.7 Å². The van der Waals surface area contributed by atoms with E-state index in [0.717, 1.165) is 5.56 Å². The van der Waals surface area contributed by atoms with E-state index in [9.17, 15) is 29.4 Å². The monoisotopic (exact) mass is 572 g/mol. The number of hydrogen-bond acceptors (Lipinski definition) is 7. The zero-order valence-electron chi connectivity index (χ0n) is 23.1. The number of phenolic OH excluding ortho intramolecular Hbond substituents is 1. The van der Waals surface area contributed by atoms with Crippen molar-refractivity contribution < 1.29 is 29.4 Å². The average molecular weight is 573 g/mol. The second kappa shape index (κ2) is 16.5. The number of phenols is 1. The number of amides is 3. The quantitative estimate of drug-likeness (QED) is 0.177. The Bertz CT molecular complexity index is 1110. The summed E-state index contributed by atoms with van der Waals surface area (Å²) in [7, 11) is 0. The molecular weight excluding hydrogens is 532 g/mol. The number of carboxylic acids is 1. The summed E-state index contributed by atoms with van der Waals surface area (Å²) in [5, 5.41) is 27.2. The summed E-state index contributed by atoms with van der Waals surface area (Å²) < 4.78 is 0. The highest BCUT2D eigenvalue weighted by Crippen LogP contribution is 2.13. The standard InChI is InChI=1S/C29H40N4O6S/c1-18(2)15-22(30)26(35)32-24(16-19-7-5-4-6-8-19)28(37)33-25(17-20-9-11-21(34)12-10-20)27(36)31-23(29(38)39)13-14-40-3/h4-12,18,22-25,34H,13-17,30H2,1-3H3,(H,31,36)(H,32,35)(H,33,37)(H,38,39). The SMILES string of the molecule is CSCCC(NC(=O)C(Cc1ccc(O)cc1)NC(=O)C(Cc1ccccc1)NC(=O)C(N)CC(C)C)C(=O)O. The lowest BCUT2D eigenvalue weighted by molar-refractivity contribution is -0.142. The molecule has 0 radical (unpaired) electrons. The molecule has 40 heavy (non-hydrogen) atoms. The zero-order valence-corrected chi connectivity index (χ0v) is 23.9. The Morgan fingerprint density at radius 3 is 1.80 bits per heavy atom. The molecule has 0 spiro atoms. The second-order valence-electron chi connectivity index (χ2n) is 10.1. The fourth-order valence-electron chi connectivity index (χ4n) is 4.07. The van der Waals surface area contributed by atoms with Gasteiger partial charge < -0.3 is 31.9 Å². The smallest absolute Gasteiger partial charge is 0.326 e. The first-order valence-electron chi connectivity index (χ1n) is 13.2. The maximum absolute atomic E-state index is 13.6. The maximum Gasteiger partial charge on any atom is 0.326 e. The molecule has 2 rings (SSSR count).